The first-order chi connectivity index (χ1) is 19.5. The van der Waals surface area contributed by atoms with E-state index in [1.54, 1.807) is 0 Å². The van der Waals surface area contributed by atoms with Crippen molar-refractivity contribution >= 4 is 17.1 Å². The molecule has 40 heavy (non-hydrogen) atoms. The summed E-state index contributed by atoms with van der Waals surface area (Å²) < 4.78 is 0. The molecule has 1 heteroatoms. The molecule has 4 aromatic carbocycles. The molecular formula is C39H49N. The number of hydrogen-bond donors (Lipinski definition) is 0. The van der Waals surface area contributed by atoms with Crippen molar-refractivity contribution in [2.24, 2.45) is 0 Å². The van der Waals surface area contributed by atoms with E-state index in [4.69, 9.17) is 0 Å². The van der Waals surface area contributed by atoms with Crippen LogP contribution in [0.15, 0.2) is 84.9 Å². The van der Waals surface area contributed by atoms with Crippen LogP contribution in [0.4, 0.5) is 17.1 Å². The Labute approximate surface area is 244 Å². The maximum Gasteiger partial charge on any atom is 0.0462 e. The third-order valence-corrected chi connectivity index (χ3v) is 8.18. The minimum atomic E-state index is 1.16. The van der Waals surface area contributed by atoms with Crippen LogP contribution < -0.4 is 4.90 Å². The van der Waals surface area contributed by atoms with E-state index >= 15 is 0 Å². The highest BCUT2D eigenvalue weighted by atomic mass is 15.1. The number of aryl methyl sites for hydroxylation is 5. The van der Waals surface area contributed by atoms with Gasteiger partial charge >= 0.3 is 0 Å². The van der Waals surface area contributed by atoms with Crippen LogP contribution in [0.2, 0.25) is 0 Å². The van der Waals surface area contributed by atoms with Crippen molar-refractivity contribution in [3.8, 4) is 11.1 Å². The molecular weight excluding hydrogens is 482 g/mol. The van der Waals surface area contributed by atoms with Crippen LogP contribution in [0, 0.1) is 20.8 Å². The molecule has 0 heterocycles. The van der Waals surface area contributed by atoms with Gasteiger partial charge in [-0.05, 0) is 111 Å². The second-order valence-electron chi connectivity index (χ2n) is 11.6. The van der Waals surface area contributed by atoms with E-state index < -0.39 is 0 Å². The van der Waals surface area contributed by atoms with E-state index in [0.717, 1.165) is 6.42 Å². The Morgan fingerprint density at radius 2 is 0.925 bits per heavy atom. The first-order valence-electron chi connectivity index (χ1n) is 15.7. The lowest BCUT2D eigenvalue weighted by molar-refractivity contribution is 0.662. The van der Waals surface area contributed by atoms with Crippen molar-refractivity contribution in [1.29, 1.82) is 0 Å². The summed E-state index contributed by atoms with van der Waals surface area (Å²) in [5, 5.41) is 0. The van der Waals surface area contributed by atoms with Gasteiger partial charge in [-0.1, -0.05) is 112 Å². The Bertz CT molecular complexity index is 1270. The minimum absolute atomic E-state index is 1.16. The average Bonchev–Trinajstić information content (AvgIpc) is 2.97. The normalized spacial score (nSPS) is 11.1. The van der Waals surface area contributed by atoms with Crippen molar-refractivity contribution in [2.75, 3.05) is 4.90 Å². The van der Waals surface area contributed by atoms with Crippen LogP contribution >= 0.6 is 0 Å². The van der Waals surface area contributed by atoms with E-state index in [-0.39, 0.29) is 0 Å². The van der Waals surface area contributed by atoms with Crippen LogP contribution in [-0.2, 0) is 12.8 Å². The van der Waals surface area contributed by atoms with Crippen molar-refractivity contribution < 1.29 is 0 Å². The molecule has 0 saturated carbocycles. The third-order valence-electron chi connectivity index (χ3n) is 8.18. The molecule has 0 saturated heterocycles. The topological polar surface area (TPSA) is 3.24 Å². The Hall–Kier alpha value is -3.32. The number of nitrogens with zero attached hydrogens (tertiary/aromatic N) is 1. The molecule has 0 radical (unpaired) electrons. The zero-order chi connectivity index (χ0) is 28.3. The molecule has 0 aliphatic rings. The largest absolute Gasteiger partial charge is 0.311 e. The Balaban J connectivity index is 1.68. The second-order valence-corrected chi connectivity index (χ2v) is 11.6. The molecule has 4 rings (SSSR count). The standard InChI is InChI=1S/C39H49N/c1-6-8-10-12-14-34-29-39(35(28-32(34)5)15-13-11-9-7-2)33-20-26-38(27-21-33)40(36-22-16-30(3)17-23-36)37-24-18-31(4)19-25-37/h16-29H,6-15H2,1-5H3. The van der Waals surface area contributed by atoms with Gasteiger partial charge in [0.05, 0.1) is 0 Å². The van der Waals surface area contributed by atoms with Gasteiger partial charge < -0.3 is 4.90 Å². The van der Waals surface area contributed by atoms with Crippen LogP contribution in [0.1, 0.15) is 93.0 Å². The average molecular weight is 532 g/mol. The smallest absolute Gasteiger partial charge is 0.0462 e. The van der Waals surface area contributed by atoms with E-state index in [9.17, 15) is 0 Å². The zero-order valence-corrected chi connectivity index (χ0v) is 25.6. The van der Waals surface area contributed by atoms with Gasteiger partial charge in [-0.2, -0.15) is 0 Å². The molecule has 4 aromatic rings. The maximum atomic E-state index is 2.52. The van der Waals surface area contributed by atoms with Gasteiger partial charge in [-0.15, -0.1) is 0 Å². The lowest BCUT2D eigenvalue weighted by Gasteiger charge is -2.26. The molecule has 1 nitrogen and oxygen atoms in total. The van der Waals surface area contributed by atoms with Gasteiger partial charge in [0.15, 0.2) is 0 Å². The van der Waals surface area contributed by atoms with Gasteiger partial charge in [-0.3, -0.25) is 0 Å². The van der Waals surface area contributed by atoms with Gasteiger partial charge in [0.2, 0.25) is 0 Å². The summed E-state index contributed by atoms with van der Waals surface area (Å²) in [4.78, 5) is 2.36. The lowest BCUT2D eigenvalue weighted by Crippen LogP contribution is -2.09. The molecule has 0 fully saturated rings. The van der Waals surface area contributed by atoms with Gasteiger partial charge in [0, 0.05) is 17.1 Å². The zero-order valence-electron chi connectivity index (χ0n) is 25.6. The van der Waals surface area contributed by atoms with Gasteiger partial charge in [0.25, 0.3) is 0 Å². The van der Waals surface area contributed by atoms with Crippen LogP contribution in [0.3, 0.4) is 0 Å². The number of anilines is 3. The van der Waals surface area contributed by atoms with Crippen LogP contribution in [-0.4, -0.2) is 0 Å². The fourth-order valence-electron chi connectivity index (χ4n) is 5.67. The first-order valence-corrected chi connectivity index (χ1v) is 15.7. The molecule has 210 valence electrons. The predicted octanol–water partition coefficient (Wildman–Crippen LogP) is 12.0. The molecule has 0 aromatic heterocycles. The molecule has 0 N–H and O–H groups in total. The Morgan fingerprint density at radius 1 is 0.475 bits per heavy atom. The number of benzene rings is 4. The maximum absolute atomic E-state index is 2.52. The molecule has 0 bridgehead atoms. The number of unbranched alkanes of at least 4 members (excludes halogenated alkanes) is 6. The highest BCUT2D eigenvalue weighted by Gasteiger charge is 2.14. The predicted molar refractivity (Wildman–Crippen MR) is 176 cm³/mol. The summed E-state index contributed by atoms with van der Waals surface area (Å²) in [6, 6.07) is 32.0. The molecule has 0 aliphatic heterocycles. The monoisotopic (exact) mass is 531 g/mol. The van der Waals surface area contributed by atoms with Crippen molar-refractivity contribution in [1.82, 2.24) is 0 Å². The van der Waals surface area contributed by atoms with E-state index in [0.29, 0.717) is 0 Å². The van der Waals surface area contributed by atoms with Gasteiger partial charge in [0.1, 0.15) is 0 Å². The summed E-state index contributed by atoms with van der Waals surface area (Å²) in [6.07, 6.45) is 12.8. The van der Waals surface area contributed by atoms with E-state index in [2.05, 4.69) is 124 Å². The van der Waals surface area contributed by atoms with Crippen LogP contribution in [0.25, 0.3) is 11.1 Å². The summed E-state index contributed by atoms with van der Waals surface area (Å²) >= 11 is 0. The Kier molecular flexibility index (Phi) is 11.0. The molecule has 0 amide bonds. The quantitative estimate of drug-likeness (QED) is 0.146. The van der Waals surface area contributed by atoms with Crippen molar-refractivity contribution in [3.05, 3.63) is 113 Å². The van der Waals surface area contributed by atoms with E-state index in [1.165, 1.54) is 114 Å². The molecule has 0 aliphatic carbocycles. The fourth-order valence-corrected chi connectivity index (χ4v) is 5.67. The fraction of sp³-hybridized carbons (Fsp3) is 0.385. The summed E-state index contributed by atoms with van der Waals surface area (Å²) in [5.74, 6) is 0. The molecule has 0 unspecified atom stereocenters. The third kappa shape index (κ3) is 7.87. The number of hydrogen-bond acceptors (Lipinski definition) is 1. The van der Waals surface area contributed by atoms with Crippen molar-refractivity contribution in [3.63, 3.8) is 0 Å². The molecule has 0 spiro atoms. The highest BCUT2D eigenvalue weighted by molar-refractivity contribution is 5.79. The van der Waals surface area contributed by atoms with Crippen LogP contribution in [0.5, 0.6) is 0 Å². The number of rotatable bonds is 14. The second kappa shape index (κ2) is 14.9. The molecule has 0 atom stereocenters. The van der Waals surface area contributed by atoms with Crippen molar-refractivity contribution in [2.45, 2.75) is 98.8 Å². The lowest BCUT2D eigenvalue weighted by atomic mass is 9.89. The summed E-state index contributed by atoms with van der Waals surface area (Å²) in [5.41, 5.74) is 13.4. The minimum Gasteiger partial charge on any atom is -0.311 e. The summed E-state index contributed by atoms with van der Waals surface area (Å²) in [7, 11) is 0. The van der Waals surface area contributed by atoms with Gasteiger partial charge in [-0.25, -0.2) is 0 Å². The first kappa shape index (κ1) is 29.7. The van der Waals surface area contributed by atoms with E-state index in [1.807, 2.05) is 0 Å². The highest BCUT2D eigenvalue weighted by Crippen LogP contribution is 2.37. The summed E-state index contributed by atoms with van der Waals surface area (Å²) in [6.45, 7) is 11.2. The SMILES string of the molecule is CCCCCCc1cc(-c2ccc(N(c3ccc(C)cc3)c3ccc(C)cc3)cc2)c(CCCCCC)cc1C. The Morgan fingerprint density at radius 3 is 1.40 bits per heavy atom.